The van der Waals surface area contributed by atoms with Crippen LogP contribution in [0.4, 0.5) is 0 Å². The molecule has 1 atom stereocenters. The third-order valence-electron chi connectivity index (χ3n) is 4.94. The molecule has 1 aliphatic heterocycles. The molecule has 1 amide bonds. The number of esters is 1. The number of nitrogens with one attached hydrogen (secondary N) is 1. The Morgan fingerprint density at radius 1 is 1.10 bits per heavy atom. The van der Waals surface area contributed by atoms with Gasteiger partial charge in [-0.3, -0.25) is 4.79 Å². The molecule has 0 aliphatic carbocycles. The molecule has 1 saturated heterocycles. The van der Waals surface area contributed by atoms with Crippen LogP contribution in [0.2, 0.25) is 0 Å². The summed E-state index contributed by atoms with van der Waals surface area (Å²) >= 11 is 0. The number of rotatable bonds is 9. The number of hydrogen-bond acceptors (Lipinski definition) is 5. The minimum Gasteiger partial charge on any atom is -0.452 e. The summed E-state index contributed by atoms with van der Waals surface area (Å²) in [6.45, 7) is 6.75. The van der Waals surface area contributed by atoms with Gasteiger partial charge in [-0.15, -0.1) is 0 Å². The van der Waals surface area contributed by atoms with Gasteiger partial charge in [0.15, 0.2) is 6.61 Å². The maximum atomic E-state index is 12.8. The minimum atomic E-state index is -3.63. The van der Waals surface area contributed by atoms with Gasteiger partial charge in [0.1, 0.15) is 0 Å². The number of carbonyl (C=O) groups excluding carboxylic acids is 2. The SMILES string of the molecule is CC(C)CC[C@H](C)NC(=O)COC(=O)c1cccc(S(=O)(=O)N2CCCCC2)c1. The second-order valence-corrected chi connectivity index (χ2v) is 9.95. The molecule has 0 unspecified atom stereocenters. The molecule has 2 rings (SSSR count). The van der Waals surface area contributed by atoms with Gasteiger partial charge in [0.05, 0.1) is 10.5 Å². The van der Waals surface area contributed by atoms with E-state index >= 15 is 0 Å². The number of carbonyl (C=O) groups is 2. The number of ether oxygens (including phenoxy) is 1. The lowest BCUT2D eigenvalue weighted by Gasteiger charge is -2.25. The Hall–Kier alpha value is -1.93. The summed E-state index contributed by atoms with van der Waals surface area (Å²) in [6, 6.07) is 5.79. The summed E-state index contributed by atoms with van der Waals surface area (Å²) in [5.41, 5.74) is 0.115. The van der Waals surface area contributed by atoms with Gasteiger partial charge < -0.3 is 10.1 Å². The minimum absolute atomic E-state index is 0.00150. The van der Waals surface area contributed by atoms with Crippen LogP contribution in [0.1, 0.15) is 63.2 Å². The van der Waals surface area contributed by atoms with Crippen LogP contribution in [-0.4, -0.2) is 50.3 Å². The van der Waals surface area contributed by atoms with Gasteiger partial charge in [-0.25, -0.2) is 13.2 Å². The molecule has 1 aromatic rings. The van der Waals surface area contributed by atoms with Gasteiger partial charge in [-0.2, -0.15) is 4.31 Å². The molecule has 1 aromatic carbocycles. The number of benzene rings is 1. The summed E-state index contributed by atoms with van der Waals surface area (Å²) < 4.78 is 32.1. The molecule has 7 nitrogen and oxygen atoms in total. The monoisotopic (exact) mass is 424 g/mol. The second-order valence-electron chi connectivity index (χ2n) is 8.01. The first-order valence-electron chi connectivity index (χ1n) is 10.3. The van der Waals surface area contributed by atoms with E-state index in [1.807, 2.05) is 6.92 Å². The smallest absolute Gasteiger partial charge is 0.338 e. The fraction of sp³-hybridized carbons (Fsp3) is 0.619. The van der Waals surface area contributed by atoms with Crippen LogP contribution in [-0.2, 0) is 19.6 Å². The van der Waals surface area contributed by atoms with Gasteiger partial charge in [0, 0.05) is 19.1 Å². The molecule has 162 valence electrons. The van der Waals surface area contributed by atoms with E-state index in [-0.39, 0.29) is 22.4 Å². The first-order valence-corrected chi connectivity index (χ1v) is 11.7. The van der Waals surface area contributed by atoms with Crippen LogP contribution >= 0.6 is 0 Å². The van der Waals surface area contributed by atoms with Gasteiger partial charge >= 0.3 is 5.97 Å². The number of sulfonamides is 1. The second kappa shape index (κ2) is 10.7. The van der Waals surface area contributed by atoms with E-state index in [4.69, 9.17) is 4.74 Å². The number of hydrogen-bond donors (Lipinski definition) is 1. The standard InChI is InChI=1S/C21H32N2O5S/c1-16(2)10-11-17(3)22-20(24)15-28-21(25)18-8-7-9-19(14-18)29(26,27)23-12-5-4-6-13-23/h7-9,14,16-17H,4-6,10-13,15H2,1-3H3,(H,22,24)/t17-/m0/s1. The molecule has 0 bridgehead atoms. The first kappa shape index (κ1) is 23.3. The molecule has 0 aromatic heterocycles. The lowest BCUT2D eigenvalue weighted by molar-refractivity contribution is -0.124. The van der Waals surface area contributed by atoms with Gasteiger partial charge in [-0.1, -0.05) is 26.3 Å². The molecule has 1 aliphatic rings. The van der Waals surface area contributed by atoms with Crippen molar-refractivity contribution in [1.82, 2.24) is 9.62 Å². The van der Waals surface area contributed by atoms with Crippen molar-refractivity contribution in [3.8, 4) is 0 Å². The van der Waals surface area contributed by atoms with Crippen LogP contribution in [0.15, 0.2) is 29.2 Å². The Morgan fingerprint density at radius 2 is 1.79 bits per heavy atom. The van der Waals surface area contributed by atoms with E-state index in [0.29, 0.717) is 19.0 Å². The quantitative estimate of drug-likeness (QED) is 0.615. The molecule has 29 heavy (non-hydrogen) atoms. The van der Waals surface area contributed by atoms with Crippen molar-refractivity contribution in [2.75, 3.05) is 19.7 Å². The van der Waals surface area contributed by atoms with Crippen LogP contribution in [0, 0.1) is 5.92 Å². The van der Waals surface area contributed by atoms with Crippen molar-refractivity contribution < 1.29 is 22.7 Å². The van der Waals surface area contributed by atoms with Crippen molar-refractivity contribution in [2.24, 2.45) is 5.92 Å². The molecule has 1 fully saturated rings. The highest BCUT2D eigenvalue weighted by Crippen LogP contribution is 2.21. The average Bonchev–Trinajstić information content (AvgIpc) is 2.71. The Labute approximate surface area is 173 Å². The topological polar surface area (TPSA) is 92.8 Å². The molecule has 0 radical (unpaired) electrons. The van der Waals surface area contributed by atoms with Crippen LogP contribution in [0.3, 0.4) is 0 Å². The summed E-state index contributed by atoms with van der Waals surface area (Å²) in [7, 11) is -3.63. The highest BCUT2D eigenvalue weighted by Gasteiger charge is 2.26. The summed E-state index contributed by atoms with van der Waals surface area (Å²) in [5.74, 6) is -0.530. The summed E-state index contributed by atoms with van der Waals surface area (Å²) in [4.78, 5) is 24.3. The molecular weight excluding hydrogens is 392 g/mol. The highest BCUT2D eigenvalue weighted by molar-refractivity contribution is 7.89. The molecule has 0 spiro atoms. The number of nitrogens with zero attached hydrogens (tertiary/aromatic N) is 1. The fourth-order valence-corrected chi connectivity index (χ4v) is 4.79. The number of amides is 1. The molecule has 1 N–H and O–H groups in total. The molecular formula is C21H32N2O5S. The lowest BCUT2D eigenvalue weighted by Crippen LogP contribution is -2.36. The Balaban J connectivity index is 1.93. The zero-order valence-electron chi connectivity index (χ0n) is 17.5. The summed E-state index contributed by atoms with van der Waals surface area (Å²) in [5, 5.41) is 2.80. The van der Waals surface area contributed by atoms with E-state index in [1.54, 1.807) is 0 Å². The van der Waals surface area contributed by atoms with E-state index < -0.39 is 22.6 Å². The van der Waals surface area contributed by atoms with Crippen LogP contribution < -0.4 is 5.32 Å². The maximum absolute atomic E-state index is 12.8. The third-order valence-corrected chi connectivity index (χ3v) is 6.84. The molecule has 8 heteroatoms. The van der Waals surface area contributed by atoms with Crippen molar-refractivity contribution in [3.63, 3.8) is 0 Å². The molecule has 1 heterocycles. The van der Waals surface area contributed by atoms with E-state index in [1.165, 1.54) is 28.6 Å². The third kappa shape index (κ3) is 7.12. The first-order chi connectivity index (χ1) is 13.7. The van der Waals surface area contributed by atoms with Gasteiger partial charge in [-0.05, 0) is 56.7 Å². The maximum Gasteiger partial charge on any atom is 0.338 e. The fourth-order valence-electron chi connectivity index (χ4n) is 3.22. The highest BCUT2D eigenvalue weighted by atomic mass is 32.2. The Morgan fingerprint density at radius 3 is 2.45 bits per heavy atom. The van der Waals surface area contributed by atoms with Gasteiger partial charge in [0.25, 0.3) is 5.91 Å². The normalized spacial score (nSPS) is 16.4. The van der Waals surface area contributed by atoms with Gasteiger partial charge in [0.2, 0.25) is 10.0 Å². The Kier molecular flexibility index (Phi) is 8.64. The van der Waals surface area contributed by atoms with Crippen LogP contribution in [0.5, 0.6) is 0 Å². The zero-order valence-corrected chi connectivity index (χ0v) is 18.3. The predicted octanol–water partition coefficient (Wildman–Crippen LogP) is 2.96. The zero-order chi connectivity index (χ0) is 21.4. The van der Waals surface area contributed by atoms with Crippen molar-refractivity contribution in [2.45, 2.75) is 63.8 Å². The predicted molar refractivity (Wildman–Crippen MR) is 111 cm³/mol. The molecule has 0 saturated carbocycles. The van der Waals surface area contributed by atoms with Crippen molar-refractivity contribution in [3.05, 3.63) is 29.8 Å². The average molecular weight is 425 g/mol. The van der Waals surface area contributed by atoms with E-state index in [2.05, 4.69) is 19.2 Å². The van der Waals surface area contributed by atoms with Crippen LogP contribution in [0.25, 0.3) is 0 Å². The number of piperidine rings is 1. The van der Waals surface area contributed by atoms with Crippen molar-refractivity contribution >= 4 is 21.9 Å². The van der Waals surface area contributed by atoms with E-state index in [9.17, 15) is 18.0 Å². The van der Waals surface area contributed by atoms with Crippen molar-refractivity contribution in [1.29, 1.82) is 0 Å². The summed E-state index contributed by atoms with van der Waals surface area (Å²) in [6.07, 6.45) is 4.56. The largest absolute Gasteiger partial charge is 0.452 e. The Bertz CT molecular complexity index is 801. The lowest BCUT2D eigenvalue weighted by atomic mass is 10.0. The van der Waals surface area contributed by atoms with E-state index in [0.717, 1.165) is 32.1 Å².